The van der Waals surface area contributed by atoms with E-state index in [-0.39, 0.29) is 30.6 Å². The molecule has 1 aromatic heterocycles. The molecule has 0 spiro atoms. The number of furan rings is 1. The molecule has 0 bridgehead atoms. The second-order valence-corrected chi connectivity index (χ2v) is 7.26. The zero-order valence-corrected chi connectivity index (χ0v) is 16.0. The maximum Gasteiger partial charge on any atom is 0.228 e. The molecule has 2 heterocycles. The van der Waals surface area contributed by atoms with Gasteiger partial charge in [0.2, 0.25) is 11.8 Å². The summed E-state index contributed by atoms with van der Waals surface area (Å²) < 4.78 is 20.0. The summed E-state index contributed by atoms with van der Waals surface area (Å²) in [5, 5.41) is 0. The van der Waals surface area contributed by atoms with Gasteiger partial charge in [-0.2, -0.15) is 0 Å². The van der Waals surface area contributed by atoms with Crippen LogP contribution in [-0.4, -0.2) is 34.7 Å². The second kappa shape index (κ2) is 8.03. The van der Waals surface area contributed by atoms with Crippen LogP contribution >= 0.6 is 15.9 Å². The fourth-order valence-electron chi connectivity index (χ4n) is 3.15. The van der Waals surface area contributed by atoms with Crippen LogP contribution in [0.5, 0.6) is 0 Å². The number of nitrogens with zero attached hydrogens (tertiary/aromatic N) is 2. The number of benzene rings is 1. The minimum atomic E-state index is -0.410. The summed E-state index contributed by atoms with van der Waals surface area (Å²) in [4.78, 5) is 28.3. The molecule has 1 aliphatic rings. The molecular formula is C19H20BrFN2O3. The lowest BCUT2D eigenvalue weighted by Crippen LogP contribution is -2.37. The van der Waals surface area contributed by atoms with Crippen molar-refractivity contribution in [3.8, 4) is 0 Å². The van der Waals surface area contributed by atoms with Crippen molar-refractivity contribution in [3.05, 3.63) is 58.2 Å². The van der Waals surface area contributed by atoms with E-state index in [1.54, 1.807) is 40.3 Å². The third-order valence-corrected chi connectivity index (χ3v) is 5.05. The van der Waals surface area contributed by atoms with Crippen molar-refractivity contribution in [2.45, 2.75) is 26.4 Å². The van der Waals surface area contributed by atoms with Gasteiger partial charge < -0.3 is 14.2 Å². The van der Waals surface area contributed by atoms with E-state index in [1.807, 2.05) is 6.92 Å². The lowest BCUT2D eigenvalue weighted by Gasteiger charge is -2.24. The molecule has 1 fully saturated rings. The summed E-state index contributed by atoms with van der Waals surface area (Å²) in [6.45, 7) is 3.21. The second-order valence-electron chi connectivity index (χ2n) is 6.34. The van der Waals surface area contributed by atoms with E-state index in [0.29, 0.717) is 31.0 Å². The van der Waals surface area contributed by atoms with Crippen LogP contribution in [-0.2, 0) is 22.7 Å². The highest BCUT2D eigenvalue weighted by Gasteiger charge is 2.36. The molecule has 5 nitrogen and oxygen atoms in total. The Morgan fingerprint density at radius 3 is 2.92 bits per heavy atom. The Balaban J connectivity index is 1.67. The molecule has 2 aromatic rings. The molecule has 7 heteroatoms. The number of amides is 2. The van der Waals surface area contributed by atoms with Gasteiger partial charge in [-0.3, -0.25) is 9.59 Å². The maximum absolute atomic E-state index is 14.0. The average molecular weight is 423 g/mol. The van der Waals surface area contributed by atoms with E-state index >= 15 is 0 Å². The van der Waals surface area contributed by atoms with Gasteiger partial charge in [-0.15, -0.1) is 0 Å². The number of likely N-dealkylation sites (tertiary alicyclic amines) is 1. The van der Waals surface area contributed by atoms with Crippen LogP contribution in [0.2, 0.25) is 0 Å². The Labute approximate surface area is 159 Å². The molecule has 2 amide bonds. The van der Waals surface area contributed by atoms with Gasteiger partial charge in [-0.05, 0) is 37.3 Å². The average Bonchev–Trinajstić information content (AvgIpc) is 3.26. The summed E-state index contributed by atoms with van der Waals surface area (Å²) in [5.74, 6) is -0.254. The van der Waals surface area contributed by atoms with Gasteiger partial charge in [0.25, 0.3) is 0 Å². The Morgan fingerprint density at radius 1 is 1.42 bits per heavy atom. The molecule has 0 aliphatic carbocycles. The first kappa shape index (κ1) is 18.6. The van der Waals surface area contributed by atoms with Crippen molar-refractivity contribution < 1.29 is 18.4 Å². The van der Waals surface area contributed by atoms with Crippen LogP contribution < -0.4 is 0 Å². The van der Waals surface area contributed by atoms with Crippen molar-refractivity contribution in [2.75, 3.05) is 13.1 Å². The third kappa shape index (κ3) is 4.15. The van der Waals surface area contributed by atoms with Crippen molar-refractivity contribution in [1.82, 2.24) is 9.80 Å². The largest absolute Gasteiger partial charge is 0.467 e. The molecule has 3 rings (SSSR count). The summed E-state index contributed by atoms with van der Waals surface area (Å²) in [6, 6.07) is 8.25. The molecule has 0 radical (unpaired) electrons. The zero-order valence-electron chi connectivity index (χ0n) is 14.5. The fraction of sp³-hybridized carbons (Fsp3) is 0.368. The number of rotatable bonds is 6. The molecule has 26 heavy (non-hydrogen) atoms. The van der Waals surface area contributed by atoms with Crippen molar-refractivity contribution >= 4 is 27.7 Å². The summed E-state index contributed by atoms with van der Waals surface area (Å²) in [7, 11) is 0. The molecule has 0 saturated carbocycles. The Kier molecular flexibility index (Phi) is 5.76. The molecule has 1 atom stereocenters. The Hall–Kier alpha value is -2.15. The van der Waals surface area contributed by atoms with E-state index in [9.17, 15) is 14.0 Å². The predicted octanol–water partition coefficient (Wildman–Crippen LogP) is 3.58. The highest BCUT2D eigenvalue weighted by atomic mass is 79.9. The van der Waals surface area contributed by atoms with Gasteiger partial charge in [0.15, 0.2) is 0 Å². The van der Waals surface area contributed by atoms with Crippen LogP contribution in [0, 0.1) is 11.7 Å². The number of carbonyl (C=O) groups excluding carboxylic acids is 2. The minimum absolute atomic E-state index is 0.0653. The lowest BCUT2D eigenvalue weighted by atomic mass is 10.1. The number of carbonyl (C=O) groups is 2. The SMILES string of the molecule is CCN(Cc1cc(Br)ccc1F)C(=O)[C@H]1CC(=O)N(Cc2ccco2)C1. The summed E-state index contributed by atoms with van der Waals surface area (Å²) in [6.07, 6.45) is 1.74. The van der Waals surface area contributed by atoms with Gasteiger partial charge >= 0.3 is 0 Å². The van der Waals surface area contributed by atoms with Gasteiger partial charge in [0.05, 0.1) is 18.7 Å². The highest BCUT2D eigenvalue weighted by molar-refractivity contribution is 9.10. The molecule has 1 saturated heterocycles. The highest BCUT2D eigenvalue weighted by Crippen LogP contribution is 2.24. The topological polar surface area (TPSA) is 53.8 Å². The maximum atomic E-state index is 14.0. The molecule has 138 valence electrons. The van der Waals surface area contributed by atoms with Crippen LogP contribution in [0.1, 0.15) is 24.7 Å². The van der Waals surface area contributed by atoms with Gasteiger partial charge in [0.1, 0.15) is 11.6 Å². The van der Waals surface area contributed by atoms with Crippen LogP contribution in [0.25, 0.3) is 0 Å². The van der Waals surface area contributed by atoms with Crippen molar-refractivity contribution in [2.24, 2.45) is 5.92 Å². The van der Waals surface area contributed by atoms with E-state index in [2.05, 4.69) is 15.9 Å². The number of halogens is 2. The van der Waals surface area contributed by atoms with Crippen molar-refractivity contribution in [1.29, 1.82) is 0 Å². The third-order valence-electron chi connectivity index (χ3n) is 4.55. The summed E-state index contributed by atoms with van der Waals surface area (Å²) >= 11 is 3.33. The van der Waals surface area contributed by atoms with Crippen LogP contribution in [0.4, 0.5) is 4.39 Å². The van der Waals surface area contributed by atoms with Crippen molar-refractivity contribution in [3.63, 3.8) is 0 Å². The summed E-state index contributed by atoms with van der Waals surface area (Å²) in [5.41, 5.74) is 0.450. The van der Waals surface area contributed by atoms with Crippen LogP contribution in [0.15, 0.2) is 45.5 Å². The quantitative estimate of drug-likeness (QED) is 0.714. The van der Waals surface area contributed by atoms with Gasteiger partial charge in [-0.1, -0.05) is 15.9 Å². The standard InChI is InChI=1S/C19H20BrFN2O3/c1-2-22(10-13-8-15(20)5-6-17(13)21)19(25)14-9-18(24)23(11-14)12-16-4-3-7-26-16/h3-8,14H,2,9-12H2,1H3/t14-/m0/s1. The molecule has 1 aliphatic heterocycles. The van der Waals surface area contributed by atoms with E-state index in [1.165, 1.54) is 6.07 Å². The number of hydrogen-bond donors (Lipinski definition) is 0. The predicted molar refractivity (Wildman–Crippen MR) is 97.4 cm³/mol. The van der Waals surface area contributed by atoms with Gasteiger partial charge in [-0.25, -0.2) is 4.39 Å². The number of hydrogen-bond acceptors (Lipinski definition) is 3. The molecule has 1 aromatic carbocycles. The molecule has 0 unspecified atom stereocenters. The Morgan fingerprint density at radius 2 is 2.23 bits per heavy atom. The first-order valence-corrected chi connectivity index (χ1v) is 9.30. The molecular weight excluding hydrogens is 403 g/mol. The van der Waals surface area contributed by atoms with E-state index < -0.39 is 5.92 Å². The van der Waals surface area contributed by atoms with E-state index in [4.69, 9.17) is 4.42 Å². The van der Waals surface area contributed by atoms with Gasteiger partial charge in [0, 0.05) is 36.1 Å². The Bertz CT molecular complexity index is 794. The first-order chi connectivity index (χ1) is 12.5. The smallest absolute Gasteiger partial charge is 0.228 e. The lowest BCUT2D eigenvalue weighted by molar-refractivity contribution is -0.136. The van der Waals surface area contributed by atoms with E-state index in [0.717, 1.165) is 4.47 Å². The fourth-order valence-corrected chi connectivity index (χ4v) is 3.56. The monoisotopic (exact) mass is 422 g/mol. The molecule has 0 N–H and O–H groups in total. The normalized spacial score (nSPS) is 17.0. The zero-order chi connectivity index (χ0) is 18.7. The van der Waals surface area contributed by atoms with Crippen LogP contribution in [0.3, 0.4) is 0 Å². The minimum Gasteiger partial charge on any atom is -0.467 e. The first-order valence-electron chi connectivity index (χ1n) is 8.50.